The van der Waals surface area contributed by atoms with Crippen molar-refractivity contribution in [1.29, 1.82) is 0 Å². The number of H-pyrrole nitrogens is 1. The maximum atomic E-state index is 13.3. The van der Waals surface area contributed by atoms with Crippen LogP contribution in [0.25, 0.3) is 0 Å². The molecule has 0 spiro atoms. The summed E-state index contributed by atoms with van der Waals surface area (Å²) in [6.07, 6.45) is 11.2. The van der Waals surface area contributed by atoms with Gasteiger partial charge in [0, 0.05) is 38.4 Å². The number of sulfonamides is 1. The van der Waals surface area contributed by atoms with Gasteiger partial charge in [-0.1, -0.05) is 19.8 Å². The van der Waals surface area contributed by atoms with E-state index >= 15 is 0 Å². The molecule has 9 heteroatoms. The van der Waals surface area contributed by atoms with Gasteiger partial charge in [-0.05, 0) is 63.4 Å². The zero-order valence-electron chi connectivity index (χ0n) is 19.7. The number of nitrogens with one attached hydrogen (secondary N) is 2. The Morgan fingerprint density at radius 3 is 2.36 bits per heavy atom. The third-order valence-electron chi connectivity index (χ3n) is 7.54. The van der Waals surface area contributed by atoms with Gasteiger partial charge in [-0.25, -0.2) is 8.42 Å². The standard InChI is InChI=1S/C24H38N4O4S/c1-18-8-10-20(11-9-18)26-23(29)19-7-6-14-28(17-19)33(31,32)21-15-22(25-16-21)24(30)27-12-4-2-3-5-13-27/h15-16,18-20,25H,2-14,17H2,1H3,(H,26,29). The van der Waals surface area contributed by atoms with Crippen molar-refractivity contribution in [3.05, 3.63) is 18.0 Å². The number of carbonyl (C=O) groups excluding carboxylic acids is 2. The second-order valence-electron chi connectivity index (χ2n) is 10.1. The van der Waals surface area contributed by atoms with E-state index in [1.165, 1.54) is 16.6 Å². The molecule has 33 heavy (non-hydrogen) atoms. The first-order chi connectivity index (χ1) is 15.8. The maximum absolute atomic E-state index is 13.3. The van der Waals surface area contributed by atoms with Crippen LogP contribution in [0.15, 0.2) is 17.2 Å². The highest BCUT2D eigenvalue weighted by molar-refractivity contribution is 7.89. The van der Waals surface area contributed by atoms with Gasteiger partial charge < -0.3 is 15.2 Å². The molecule has 3 aliphatic rings. The van der Waals surface area contributed by atoms with E-state index in [-0.39, 0.29) is 35.2 Å². The highest BCUT2D eigenvalue weighted by atomic mass is 32.2. The first-order valence-corrected chi connectivity index (χ1v) is 14.1. The lowest BCUT2D eigenvalue weighted by Crippen LogP contribution is -2.48. The lowest BCUT2D eigenvalue weighted by atomic mass is 9.87. The second kappa shape index (κ2) is 10.6. The molecule has 1 aromatic heterocycles. The van der Waals surface area contributed by atoms with E-state index in [9.17, 15) is 18.0 Å². The average Bonchev–Trinajstić information content (AvgIpc) is 3.17. The lowest BCUT2D eigenvalue weighted by Gasteiger charge is -2.33. The predicted octanol–water partition coefficient (Wildman–Crippen LogP) is 3.13. The Morgan fingerprint density at radius 1 is 0.970 bits per heavy atom. The van der Waals surface area contributed by atoms with Crippen LogP contribution < -0.4 is 5.32 Å². The second-order valence-corrected chi connectivity index (χ2v) is 12.1. The van der Waals surface area contributed by atoms with Crippen LogP contribution in [0, 0.1) is 11.8 Å². The number of hydrogen-bond acceptors (Lipinski definition) is 4. The summed E-state index contributed by atoms with van der Waals surface area (Å²) in [5, 5.41) is 3.16. The van der Waals surface area contributed by atoms with Crippen molar-refractivity contribution in [2.24, 2.45) is 11.8 Å². The Kier molecular flexibility index (Phi) is 7.79. The van der Waals surface area contributed by atoms with E-state index in [0.717, 1.165) is 51.4 Å². The van der Waals surface area contributed by atoms with Gasteiger partial charge in [0.1, 0.15) is 10.6 Å². The minimum Gasteiger partial charge on any atom is -0.356 e. The Morgan fingerprint density at radius 2 is 1.67 bits per heavy atom. The molecule has 4 rings (SSSR count). The Hall–Kier alpha value is -1.87. The van der Waals surface area contributed by atoms with Crippen LogP contribution in [-0.4, -0.2) is 66.6 Å². The highest BCUT2D eigenvalue weighted by Crippen LogP contribution is 2.27. The van der Waals surface area contributed by atoms with Gasteiger partial charge in [0.15, 0.2) is 0 Å². The fourth-order valence-electron chi connectivity index (χ4n) is 5.34. The van der Waals surface area contributed by atoms with E-state index in [4.69, 9.17) is 0 Å². The summed E-state index contributed by atoms with van der Waals surface area (Å²) in [7, 11) is -3.77. The van der Waals surface area contributed by atoms with Crippen molar-refractivity contribution in [3.63, 3.8) is 0 Å². The van der Waals surface area contributed by atoms with Gasteiger partial charge in [0.2, 0.25) is 15.9 Å². The number of hydrogen-bond donors (Lipinski definition) is 2. The molecule has 1 unspecified atom stereocenters. The van der Waals surface area contributed by atoms with Gasteiger partial charge in [0.25, 0.3) is 5.91 Å². The molecule has 1 aromatic rings. The predicted molar refractivity (Wildman–Crippen MR) is 126 cm³/mol. The molecule has 0 bridgehead atoms. The molecule has 2 saturated heterocycles. The van der Waals surface area contributed by atoms with Crippen molar-refractivity contribution < 1.29 is 18.0 Å². The van der Waals surface area contributed by atoms with Crippen molar-refractivity contribution in [3.8, 4) is 0 Å². The SMILES string of the molecule is CC1CCC(NC(=O)C2CCCN(S(=O)(=O)c3c[nH]c(C(=O)N4CCCCCC4)c3)C2)CC1. The quantitative estimate of drug-likeness (QED) is 0.679. The molecule has 2 N–H and O–H groups in total. The van der Waals surface area contributed by atoms with E-state index in [1.807, 2.05) is 4.90 Å². The fraction of sp³-hybridized carbons (Fsp3) is 0.750. The summed E-state index contributed by atoms with van der Waals surface area (Å²) in [4.78, 5) is 30.5. The molecular formula is C24H38N4O4S. The van der Waals surface area contributed by atoms with Gasteiger partial charge >= 0.3 is 0 Å². The molecular weight excluding hydrogens is 440 g/mol. The van der Waals surface area contributed by atoms with Crippen LogP contribution in [0.5, 0.6) is 0 Å². The molecule has 184 valence electrons. The summed E-state index contributed by atoms with van der Waals surface area (Å²) in [5.74, 6) is 0.215. The molecule has 2 aliphatic heterocycles. The van der Waals surface area contributed by atoms with Crippen molar-refractivity contribution in [1.82, 2.24) is 19.5 Å². The first kappa shape index (κ1) is 24.3. The van der Waals surface area contributed by atoms with E-state index in [2.05, 4.69) is 17.2 Å². The third-order valence-corrected chi connectivity index (χ3v) is 9.38. The minimum absolute atomic E-state index is 0.0273. The summed E-state index contributed by atoms with van der Waals surface area (Å²) in [6.45, 7) is 4.26. The molecule has 0 aromatic carbocycles. The Balaban J connectivity index is 1.38. The topological polar surface area (TPSA) is 103 Å². The summed E-state index contributed by atoms with van der Waals surface area (Å²) >= 11 is 0. The van der Waals surface area contributed by atoms with Crippen molar-refractivity contribution >= 4 is 21.8 Å². The van der Waals surface area contributed by atoms with Crippen LogP contribution in [0.4, 0.5) is 0 Å². The van der Waals surface area contributed by atoms with E-state index < -0.39 is 10.0 Å². The molecule has 1 aliphatic carbocycles. The monoisotopic (exact) mass is 478 g/mol. The van der Waals surface area contributed by atoms with Crippen LogP contribution in [0.3, 0.4) is 0 Å². The highest BCUT2D eigenvalue weighted by Gasteiger charge is 2.35. The smallest absolute Gasteiger partial charge is 0.270 e. The molecule has 8 nitrogen and oxygen atoms in total. The van der Waals surface area contributed by atoms with Crippen LogP contribution in [0.1, 0.15) is 81.6 Å². The van der Waals surface area contributed by atoms with Crippen LogP contribution in [-0.2, 0) is 14.8 Å². The molecule has 2 amide bonds. The zero-order valence-corrected chi connectivity index (χ0v) is 20.5. The van der Waals surface area contributed by atoms with Crippen molar-refractivity contribution in [2.45, 2.75) is 82.1 Å². The third kappa shape index (κ3) is 5.80. The molecule has 3 heterocycles. The summed E-state index contributed by atoms with van der Waals surface area (Å²) in [6, 6.07) is 1.66. The maximum Gasteiger partial charge on any atom is 0.270 e. The number of rotatable bonds is 5. The van der Waals surface area contributed by atoms with Gasteiger partial charge in [-0.15, -0.1) is 0 Å². The normalized spacial score (nSPS) is 27.7. The summed E-state index contributed by atoms with van der Waals surface area (Å²) < 4.78 is 28.0. The molecule has 3 fully saturated rings. The number of aromatic nitrogens is 1. The average molecular weight is 479 g/mol. The first-order valence-electron chi connectivity index (χ1n) is 12.6. The van der Waals surface area contributed by atoms with Gasteiger partial charge in [0.05, 0.1) is 5.92 Å². The van der Waals surface area contributed by atoms with Crippen LogP contribution in [0.2, 0.25) is 0 Å². The fourth-order valence-corrected chi connectivity index (χ4v) is 6.86. The largest absolute Gasteiger partial charge is 0.356 e. The number of aromatic amines is 1. The van der Waals surface area contributed by atoms with E-state index in [0.29, 0.717) is 44.1 Å². The lowest BCUT2D eigenvalue weighted by molar-refractivity contribution is -0.127. The zero-order chi connectivity index (χ0) is 23.4. The Labute approximate surface area is 197 Å². The number of amides is 2. The number of nitrogens with zero attached hydrogens (tertiary/aromatic N) is 2. The Bertz CT molecular complexity index is 928. The van der Waals surface area contributed by atoms with Crippen molar-refractivity contribution in [2.75, 3.05) is 26.2 Å². The molecule has 0 radical (unpaired) electrons. The van der Waals surface area contributed by atoms with Crippen LogP contribution >= 0.6 is 0 Å². The number of carbonyl (C=O) groups is 2. The molecule has 1 atom stereocenters. The van der Waals surface area contributed by atoms with Gasteiger partial charge in [-0.2, -0.15) is 4.31 Å². The number of piperidine rings is 1. The van der Waals surface area contributed by atoms with Gasteiger partial charge in [-0.3, -0.25) is 9.59 Å². The minimum atomic E-state index is -3.77. The number of likely N-dealkylation sites (tertiary alicyclic amines) is 1. The summed E-state index contributed by atoms with van der Waals surface area (Å²) in [5.41, 5.74) is 0.313. The van der Waals surface area contributed by atoms with E-state index in [1.54, 1.807) is 0 Å². The molecule has 1 saturated carbocycles.